The Morgan fingerprint density at radius 1 is 1.30 bits per heavy atom. The van der Waals surface area contributed by atoms with Gasteiger partial charge >= 0.3 is 5.97 Å². The molecule has 0 aliphatic heterocycles. The number of aliphatic hydroxyl groups excluding tert-OH is 1. The van der Waals surface area contributed by atoms with Crippen molar-refractivity contribution in [3.8, 4) is 0 Å². The number of carbonyl (C=O) groups is 1. The van der Waals surface area contributed by atoms with Gasteiger partial charge in [0.25, 0.3) is 0 Å². The van der Waals surface area contributed by atoms with Crippen LogP contribution in [0.1, 0.15) is 12.5 Å². The topological polar surface area (TPSA) is 97.8 Å². The van der Waals surface area contributed by atoms with E-state index in [1.807, 2.05) is 0 Å². The standard InChI is InChI=1S/C17H13ClF3N3O3/c1-2-27-17(26)9(14(25)8-3-4-11(19)10(18)5-8)7-23-16-13(21)6-12(20)15(22)24-16/h3-7,25H,2H2,1H3,(H2,22,24). The van der Waals surface area contributed by atoms with Crippen LogP contribution in [0, 0.1) is 17.5 Å². The lowest BCUT2D eigenvalue weighted by atomic mass is 10.1. The number of nitrogens with two attached hydrogens (primary N) is 1. The fourth-order valence-electron chi connectivity index (χ4n) is 1.91. The van der Waals surface area contributed by atoms with Gasteiger partial charge < -0.3 is 15.6 Å². The molecule has 3 N–H and O–H groups in total. The summed E-state index contributed by atoms with van der Waals surface area (Å²) in [6, 6.07) is 3.70. The van der Waals surface area contributed by atoms with Gasteiger partial charge in [0.1, 0.15) is 17.1 Å². The molecule has 0 unspecified atom stereocenters. The molecule has 0 bridgehead atoms. The summed E-state index contributed by atoms with van der Waals surface area (Å²) in [6.07, 6.45) is 0.771. The van der Waals surface area contributed by atoms with Crippen molar-refractivity contribution in [2.75, 3.05) is 12.3 Å². The molecule has 6 nitrogen and oxygen atoms in total. The number of pyridine rings is 1. The van der Waals surface area contributed by atoms with Crippen molar-refractivity contribution in [1.82, 2.24) is 4.98 Å². The molecule has 0 spiro atoms. The summed E-state index contributed by atoms with van der Waals surface area (Å²) in [7, 11) is 0. The minimum Gasteiger partial charge on any atom is -0.506 e. The average molecular weight is 400 g/mol. The normalized spacial score (nSPS) is 12.2. The molecule has 0 aliphatic carbocycles. The number of aliphatic imine (C=N–C) groups is 1. The first kappa shape index (κ1) is 20.2. The third kappa shape index (κ3) is 4.76. The van der Waals surface area contributed by atoms with Crippen LogP contribution in [0.2, 0.25) is 5.02 Å². The van der Waals surface area contributed by atoms with Crippen molar-refractivity contribution in [3.63, 3.8) is 0 Å². The number of hydrogen-bond acceptors (Lipinski definition) is 6. The number of carbonyl (C=O) groups excluding carboxylic acids is 1. The van der Waals surface area contributed by atoms with E-state index in [1.165, 1.54) is 13.0 Å². The van der Waals surface area contributed by atoms with Crippen molar-refractivity contribution >= 4 is 41.2 Å². The SMILES string of the molecule is CCOC(=O)C(C=Nc1nc(N)c(F)cc1F)=C(O)c1ccc(F)c(Cl)c1. The van der Waals surface area contributed by atoms with Gasteiger partial charge in [-0.25, -0.2) is 27.9 Å². The molecule has 142 valence electrons. The minimum atomic E-state index is -1.13. The largest absolute Gasteiger partial charge is 0.506 e. The lowest BCUT2D eigenvalue weighted by molar-refractivity contribution is -0.137. The van der Waals surface area contributed by atoms with Crippen molar-refractivity contribution in [3.05, 3.63) is 57.9 Å². The van der Waals surface area contributed by atoms with Crippen molar-refractivity contribution in [1.29, 1.82) is 0 Å². The summed E-state index contributed by atoms with van der Waals surface area (Å²) in [5.74, 6) is -5.78. The molecule has 0 saturated heterocycles. The van der Waals surface area contributed by atoms with Gasteiger partial charge in [-0.1, -0.05) is 11.6 Å². The smallest absolute Gasteiger partial charge is 0.343 e. The van der Waals surface area contributed by atoms with Crippen LogP contribution in [0.15, 0.2) is 34.8 Å². The van der Waals surface area contributed by atoms with Crippen LogP contribution in [-0.2, 0) is 9.53 Å². The quantitative estimate of drug-likeness (QED) is 0.343. The molecule has 2 rings (SSSR count). The molecule has 1 aromatic carbocycles. The number of esters is 1. The molecule has 1 aromatic heterocycles. The van der Waals surface area contributed by atoms with Gasteiger partial charge in [-0.05, 0) is 25.1 Å². The maximum absolute atomic E-state index is 13.7. The van der Waals surface area contributed by atoms with E-state index in [9.17, 15) is 23.1 Å². The second-order valence-electron chi connectivity index (χ2n) is 5.03. The van der Waals surface area contributed by atoms with E-state index in [0.29, 0.717) is 6.07 Å². The van der Waals surface area contributed by atoms with Crippen molar-refractivity contribution < 1.29 is 27.8 Å². The number of halogens is 4. The summed E-state index contributed by atoms with van der Waals surface area (Å²) < 4.78 is 45.0. The number of ether oxygens (including phenoxy) is 1. The van der Waals surface area contributed by atoms with Crippen molar-refractivity contribution in [2.45, 2.75) is 6.92 Å². The van der Waals surface area contributed by atoms with Crippen LogP contribution in [0.5, 0.6) is 0 Å². The molecular weight excluding hydrogens is 387 g/mol. The van der Waals surface area contributed by atoms with E-state index in [4.69, 9.17) is 22.1 Å². The van der Waals surface area contributed by atoms with E-state index < -0.39 is 46.4 Å². The third-order valence-electron chi connectivity index (χ3n) is 3.20. The van der Waals surface area contributed by atoms with Gasteiger partial charge in [0.2, 0.25) is 0 Å². The van der Waals surface area contributed by atoms with Gasteiger partial charge in [-0.15, -0.1) is 0 Å². The highest BCUT2D eigenvalue weighted by molar-refractivity contribution is 6.31. The Hall–Kier alpha value is -3.07. The van der Waals surface area contributed by atoms with Crippen LogP contribution in [0.4, 0.5) is 24.8 Å². The fourth-order valence-corrected chi connectivity index (χ4v) is 2.09. The van der Waals surface area contributed by atoms with Crippen molar-refractivity contribution in [2.24, 2.45) is 4.99 Å². The molecular formula is C17H13ClF3N3O3. The van der Waals surface area contributed by atoms with Crippen LogP contribution >= 0.6 is 11.6 Å². The molecule has 0 amide bonds. The number of benzene rings is 1. The summed E-state index contributed by atoms with van der Waals surface area (Å²) in [5.41, 5.74) is 4.76. The van der Waals surface area contributed by atoms with Crippen LogP contribution in [-0.4, -0.2) is 28.9 Å². The molecule has 0 fully saturated rings. The number of nitrogens with zero attached hydrogens (tertiary/aromatic N) is 2. The molecule has 0 radical (unpaired) electrons. The zero-order valence-electron chi connectivity index (χ0n) is 13.8. The number of hydrogen-bond donors (Lipinski definition) is 2. The van der Waals surface area contributed by atoms with Gasteiger partial charge in [-0.3, -0.25) is 0 Å². The Labute approximate surface area is 156 Å². The van der Waals surface area contributed by atoms with E-state index in [1.54, 1.807) is 0 Å². The maximum atomic E-state index is 13.7. The maximum Gasteiger partial charge on any atom is 0.343 e. The highest BCUT2D eigenvalue weighted by atomic mass is 35.5. The molecule has 0 saturated carbocycles. The van der Waals surface area contributed by atoms with Crippen LogP contribution < -0.4 is 5.73 Å². The Morgan fingerprint density at radius 3 is 2.63 bits per heavy atom. The highest BCUT2D eigenvalue weighted by Crippen LogP contribution is 2.24. The first-order valence-corrected chi connectivity index (χ1v) is 7.83. The number of aromatic nitrogens is 1. The van der Waals surface area contributed by atoms with E-state index >= 15 is 0 Å². The molecule has 27 heavy (non-hydrogen) atoms. The summed E-state index contributed by atoms with van der Waals surface area (Å²) >= 11 is 5.66. The summed E-state index contributed by atoms with van der Waals surface area (Å²) in [6.45, 7) is 1.50. The lowest BCUT2D eigenvalue weighted by Crippen LogP contribution is -2.11. The Morgan fingerprint density at radius 2 is 2.00 bits per heavy atom. The lowest BCUT2D eigenvalue weighted by Gasteiger charge is -2.08. The Balaban J connectivity index is 2.53. The molecule has 2 aromatic rings. The molecule has 1 heterocycles. The van der Waals surface area contributed by atoms with Gasteiger partial charge in [0, 0.05) is 17.8 Å². The van der Waals surface area contributed by atoms with E-state index in [-0.39, 0.29) is 17.2 Å². The van der Waals surface area contributed by atoms with Gasteiger partial charge in [0.15, 0.2) is 23.3 Å². The second-order valence-corrected chi connectivity index (χ2v) is 5.44. The number of aliphatic hydroxyl groups is 1. The number of rotatable bonds is 5. The minimum absolute atomic E-state index is 0.0112. The Kier molecular flexibility index (Phi) is 6.40. The third-order valence-corrected chi connectivity index (χ3v) is 3.49. The first-order chi connectivity index (χ1) is 12.7. The fraction of sp³-hybridized carbons (Fsp3) is 0.118. The predicted molar refractivity (Wildman–Crippen MR) is 94.3 cm³/mol. The zero-order chi connectivity index (χ0) is 20.1. The van der Waals surface area contributed by atoms with Gasteiger partial charge in [-0.2, -0.15) is 0 Å². The summed E-state index contributed by atoms with van der Waals surface area (Å²) in [5, 5.41) is 10.1. The summed E-state index contributed by atoms with van der Waals surface area (Å²) in [4.78, 5) is 19.1. The second kappa shape index (κ2) is 8.54. The van der Waals surface area contributed by atoms with E-state index in [0.717, 1.165) is 18.3 Å². The molecule has 0 atom stereocenters. The monoisotopic (exact) mass is 399 g/mol. The highest BCUT2D eigenvalue weighted by Gasteiger charge is 2.18. The number of anilines is 1. The number of nitrogen functional groups attached to an aromatic ring is 1. The van der Waals surface area contributed by atoms with Crippen LogP contribution in [0.3, 0.4) is 0 Å². The average Bonchev–Trinajstić information content (AvgIpc) is 2.61. The van der Waals surface area contributed by atoms with Gasteiger partial charge in [0.05, 0.1) is 11.6 Å². The van der Waals surface area contributed by atoms with E-state index in [2.05, 4.69) is 9.98 Å². The molecule has 10 heteroatoms. The zero-order valence-corrected chi connectivity index (χ0v) is 14.6. The Bertz CT molecular complexity index is 949. The molecule has 0 aliphatic rings. The first-order valence-electron chi connectivity index (χ1n) is 7.46. The van der Waals surface area contributed by atoms with Crippen LogP contribution in [0.25, 0.3) is 5.76 Å². The predicted octanol–water partition coefficient (Wildman–Crippen LogP) is 3.97.